The van der Waals surface area contributed by atoms with Gasteiger partial charge in [0, 0.05) is 31.0 Å². The van der Waals surface area contributed by atoms with Gasteiger partial charge < -0.3 is 21.7 Å². The fraction of sp³-hybridized carbons (Fsp3) is 0.412. The van der Waals surface area contributed by atoms with Crippen LogP contribution in [0.5, 0.6) is 0 Å². The molecule has 6 heteroatoms. The van der Waals surface area contributed by atoms with E-state index in [0.29, 0.717) is 24.4 Å². The van der Waals surface area contributed by atoms with E-state index in [-0.39, 0.29) is 0 Å². The van der Waals surface area contributed by atoms with Crippen LogP contribution in [-0.2, 0) is 6.42 Å². The summed E-state index contributed by atoms with van der Waals surface area (Å²) in [5, 5.41) is 3.38. The van der Waals surface area contributed by atoms with E-state index in [4.69, 9.17) is 11.5 Å². The third-order valence-electron chi connectivity index (χ3n) is 4.21. The van der Waals surface area contributed by atoms with Crippen LogP contribution in [0.1, 0.15) is 18.4 Å². The van der Waals surface area contributed by atoms with E-state index < -0.39 is 0 Å². The minimum absolute atomic E-state index is 0.389. The molecule has 6 nitrogen and oxygen atoms in total. The van der Waals surface area contributed by atoms with Crippen LogP contribution in [0.15, 0.2) is 36.5 Å². The average molecular weight is 312 g/mol. The molecule has 0 atom stereocenters. The Morgan fingerprint density at radius 3 is 2.78 bits per heavy atom. The molecule has 5 N–H and O–H groups in total. The van der Waals surface area contributed by atoms with E-state index in [2.05, 4.69) is 44.5 Å². The van der Waals surface area contributed by atoms with Gasteiger partial charge in [0.2, 0.25) is 5.95 Å². The number of nitrogens with two attached hydrogens (primary N) is 2. The van der Waals surface area contributed by atoms with Gasteiger partial charge in [-0.25, -0.2) is 4.98 Å². The monoisotopic (exact) mass is 312 g/mol. The Balaban J connectivity index is 1.57. The highest BCUT2D eigenvalue weighted by molar-refractivity contribution is 5.49. The Morgan fingerprint density at radius 1 is 1.22 bits per heavy atom. The molecule has 2 aromatic rings. The first-order chi connectivity index (χ1) is 11.2. The van der Waals surface area contributed by atoms with Crippen LogP contribution in [-0.4, -0.2) is 35.6 Å². The van der Waals surface area contributed by atoms with Crippen LogP contribution in [0.2, 0.25) is 0 Å². The second-order valence-electron chi connectivity index (χ2n) is 5.92. The summed E-state index contributed by atoms with van der Waals surface area (Å²) in [6.07, 6.45) is 4.72. The Morgan fingerprint density at radius 2 is 2.04 bits per heavy atom. The molecular weight excluding hydrogens is 288 g/mol. The van der Waals surface area contributed by atoms with Crippen molar-refractivity contribution in [2.45, 2.75) is 25.3 Å². The van der Waals surface area contributed by atoms with E-state index >= 15 is 0 Å². The summed E-state index contributed by atoms with van der Waals surface area (Å²) in [6, 6.07) is 10.8. The van der Waals surface area contributed by atoms with E-state index in [0.717, 1.165) is 32.4 Å². The summed E-state index contributed by atoms with van der Waals surface area (Å²) in [7, 11) is 0. The van der Waals surface area contributed by atoms with Crippen molar-refractivity contribution >= 4 is 17.5 Å². The fourth-order valence-electron chi connectivity index (χ4n) is 2.98. The lowest BCUT2D eigenvalue weighted by atomic mass is 10.0. The lowest BCUT2D eigenvalue weighted by molar-refractivity contribution is 0.524. The second kappa shape index (κ2) is 7.28. The van der Waals surface area contributed by atoms with Gasteiger partial charge in [0.1, 0.15) is 5.82 Å². The number of rotatable bonds is 5. The topological polar surface area (TPSA) is 93.1 Å². The van der Waals surface area contributed by atoms with Crippen LogP contribution in [0.3, 0.4) is 0 Å². The lowest BCUT2D eigenvalue weighted by Gasteiger charge is -2.34. The lowest BCUT2D eigenvalue weighted by Crippen LogP contribution is -2.39. The molecule has 1 aromatic heterocycles. The number of nitrogens with one attached hydrogen (secondary N) is 1. The molecular formula is C17H24N6. The average Bonchev–Trinajstić information content (AvgIpc) is 2.56. The maximum absolute atomic E-state index is 5.69. The molecule has 122 valence electrons. The predicted octanol–water partition coefficient (Wildman–Crippen LogP) is 1.64. The number of hydrogen-bond donors (Lipinski definition) is 3. The molecule has 1 aromatic carbocycles. The Labute approximate surface area is 136 Å². The van der Waals surface area contributed by atoms with Crippen LogP contribution < -0.4 is 21.7 Å². The van der Waals surface area contributed by atoms with Crippen LogP contribution >= 0.6 is 0 Å². The molecule has 1 saturated heterocycles. The van der Waals surface area contributed by atoms with Gasteiger partial charge in [0.15, 0.2) is 0 Å². The van der Waals surface area contributed by atoms with Gasteiger partial charge in [0.05, 0.1) is 0 Å². The minimum atomic E-state index is 0.389. The first-order valence-corrected chi connectivity index (χ1v) is 8.13. The zero-order valence-corrected chi connectivity index (χ0v) is 13.3. The summed E-state index contributed by atoms with van der Waals surface area (Å²) in [5.41, 5.74) is 13.9. The fourth-order valence-corrected chi connectivity index (χ4v) is 2.98. The zero-order valence-electron chi connectivity index (χ0n) is 13.3. The number of piperidine rings is 1. The Hall–Kier alpha value is -2.34. The summed E-state index contributed by atoms with van der Waals surface area (Å²) in [4.78, 5) is 10.9. The van der Waals surface area contributed by atoms with Gasteiger partial charge >= 0.3 is 0 Å². The van der Waals surface area contributed by atoms with E-state index in [1.54, 1.807) is 12.3 Å². The SMILES string of the molecule is NCCc1cccc(N2CCC(Nc3nccc(N)n3)CC2)c1. The molecule has 23 heavy (non-hydrogen) atoms. The van der Waals surface area contributed by atoms with Crippen molar-refractivity contribution in [2.24, 2.45) is 5.73 Å². The number of nitrogens with zero attached hydrogens (tertiary/aromatic N) is 3. The van der Waals surface area contributed by atoms with Crippen molar-refractivity contribution < 1.29 is 0 Å². The summed E-state index contributed by atoms with van der Waals surface area (Å²) in [5.74, 6) is 1.12. The largest absolute Gasteiger partial charge is 0.384 e. The molecule has 0 spiro atoms. The molecule has 0 saturated carbocycles. The maximum atomic E-state index is 5.69. The number of hydrogen-bond acceptors (Lipinski definition) is 6. The number of benzene rings is 1. The molecule has 1 aliphatic rings. The zero-order chi connectivity index (χ0) is 16.1. The molecule has 1 fully saturated rings. The third-order valence-corrected chi connectivity index (χ3v) is 4.21. The van der Waals surface area contributed by atoms with Gasteiger partial charge in [0.25, 0.3) is 0 Å². The van der Waals surface area contributed by atoms with E-state index in [1.165, 1.54) is 11.3 Å². The molecule has 2 heterocycles. The van der Waals surface area contributed by atoms with Gasteiger partial charge in [-0.1, -0.05) is 12.1 Å². The van der Waals surface area contributed by atoms with Crippen LogP contribution in [0, 0.1) is 0 Å². The Bertz CT molecular complexity index is 636. The minimum Gasteiger partial charge on any atom is -0.384 e. The number of anilines is 3. The first-order valence-electron chi connectivity index (χ1n) is 8.13. The smallest absolute Gasteiger partial charge is 0.224 e. The molecule has 0 unspecified atom stereocenters. The van der Waals surface area contributed by atoms with Gasteiger partial charge in [-0.15, -0.1) is 0 Å². The quantitative estimate of drug-likeness (QED) is 0.777. The molecule has 0 bridgehead atoms. The normalized spacial score (nSPS) is 15.6. The van der Waals surface area contributed by atoms with E-state index in [9.17, 15) is 0 Å². The summed E-state index contributed by atoms with van der Waals surface area (Å²) >= 11 is 0. The molecule has 1 aliphatic heterocycles. The van der Waals surface area contributed by atoms with Crippen molar-refractivity contribution in [3.05, 3.63) is 42.1 Å². The first kappa shape index (κ1) is 15.6. The highest BCUT2D eigenvalue weighted by Gasteiger charge is 2.20. The van der Waals surface area contributed by atoms with Crippen molar-refractivity contribution in [3.8, 4) is 0 Å². The third kappa shape index (κ3) is 4.10. The molecule has 0 amide bonds. The van der Waals surface area contributed by atoms with Crippen LogP contribution in [0.25, 0.3) is 0 Å². The predicted molar refractivity (Wildman–Crippen MR) is 94.5 cm³/mol. The van der Waals surface area contributed by atoms with Crippen molar-refractivity contribution in [1.29, 1.82) is 0 Å². The van der Waals surface area contributed by atoms with Gasteiger partial charge in [-0.05, 0) is 49.6 Å². The summed E-state index contributed by atoms with van der Waals surface area (Å²) in [6.45, 7) is 2.73. The standard InChI is InChI=1S/C17H24N6/c18-8-4-13-2-1-3-15(12-13)23-10-6-14(7-11-23)21-17-20-9-5-16(19)22-17/h1-3,5,9,12,14H,4,6-8,10-11,18H2,(H3,19,20,21,22). The maximum Gasteiger partial charge on any atom is 0.224 e. The number of aromatic nitrogens is 2. The molecule has 0 aliphatic carbocycles. The molecule has 3 rings (SSSR count). The van der Waals surface area contributed by atoms with Crippen molar-refractivity contribution in [2.75, 3.05) is 35.6 Å². The van der Waals surface area contributed by atoms with Crippen LogP contribution in [0.4, 0.5) is 17.5 Å². The molecule has 0 radical (unpaired) electrons. The van der Waals surface area contributed by atoms with E-state index in [1.807, 2.05) is 0 Å². The van der Waals surface area contributed by atoms with Crippen molar-refractivity contribution in [3.63, 3.8) is 0 Å². The highest BCUT2D eigenvalue weighted by Crippen LogP contribution is 2.22. The summed E-state index contributed by atoms with van der Waals surface area (Å²) < 4.78 is 0. The number of nitrogen functional groups attached to an aromatic ring is 1. The highest BCUT2D eigenvalue weighted by atomic mass is 15.2. The van der Waals surface area contributed by atoms with Gasteiger partial charge in [-0.3, -0.25) is 0 Å². The van der Waals surface area contributed by atoms with Gasteiger partial charge in [-0.2, -0.15) is 4.98 Å². The van der Waals surface area contributed by atoms with Crippen molar-refractivity contribution in [1.82, 2.24) is 9.97 Å². The Kier molecular flexibility index (Phi) is 4.92. The second-order valence-corrected chi connectivity index (χ2v) is 5.92.